The number of ether oxygens (including phenoxy) is 1. The number of benzene rings is 2. The maximum absolute atomic E-state index is 12.4. The second kappa shape index (κ2) is 10.3. The van der Waals surface area contributed by atoms with E-state index in [1.54, 1.807) is 7.11 Å². The van der Waals surface area contributed by atoms with Crippen LogP contribution in [0.2, 0.25) is 0 Å². The number of hydrogen-bond donors (Lipinski definition) is 4. The third-order valence-corrected chi connectivity index (χ3v) is 5.63. The van der Waals surface area contributed by atoms with Crippen molar-refractivity contribution >= 4 is 29.3 Å². The maximum Gasteiger partial charge on any atom is 0.240 e. The monoisotopic (exact) mass is 414 g/mol. The summed E-state index contributed by atoms with van der Waals surface area (Å²) in [5, 5.41) is 5.83. The van der Waals surface area contributed by atoms with E-state index in [0.717, 1.165) is 29.0 Å². The number of hydrazine groups is 1. The highest BCUT2D eigenvalue weighted by Crippen LogP contribution is 2.17. The SMILES string of the molecule is CCc1ccccc1NC(=O)CSC1NNC(Cc2ccc(OC)cc2)C(=O)N1. The lowest BCUT2D eigenvalue weighted by molar-refractivity contribution is -0.125. The Morgan fingerprint density at radius 2 is 1.90 bits per heavy atom. The Bertz CT molecular complexity index is 844. The van der Waals surface area contributed by atoms with Gasteiger partial charge in [0.25, 0.3) is 0 Å². The first-order valence-corrected chi connectivity index (χ1v) is 10.6. The van der Waals surface area contributed by atoms with Gasteiger partial charge in [-0.05, 0) is 42.2 Å². The smallest absolute Gasteiger partial charge is 0.240 e. The molecule has 2 amide bonds. The average molecular weight is 415 g/mol. The number of carbonyl (C=O) groups is 2. The Morgan fingerprint density at radius 3 is 2.59 bits per heavy atom. The van der Waals surface area contributed by atoms with E-state index < -0.39 is 0 Å². The number of rotatable bonds is 8. The predicted octanol–water partition coefficient (Wildman–Crippen LogP) is 2.05. The van der Waals surface area contributed by atoms with Crippen molar-refractivity contribution in [1.29, 1.82) is 0 Å². The Hall–Kier alpha value is -2.55. The quantitative estimate of drug-likeness (QED) is 0.529. The first kappa shape index (κ1) is 21.2. The fourth-order valence-electron chi connectivity index (χ4n) is 3.03. The highest BCUT2D eigenvalue weighted by Gasteiger charge is 2.27. The van der Waals surface area contributed by atoms with Gasteiger partial charge in [-0.3, -0.25) is 9.59 Å². The summed E-state index contributed by atoms with van der Waals surface area (Å²) < 4.78 is 5.15. The number of amides is 2. The molecular weight excluding hydrogens is 388 g/mol. The van der Waals surface area contributed by atoms with Crippen LogP contribution in [0.4, 0.5) is 5.69 Å². The third-order valence-electron chi connectivity index (χ3n) is 4.63. The highest BCUT2D eigenvalue weighted by atomic mass is 32.2. The summed E-state index contributed by atoms with van der Waals surface area (Å²) in [6.07, 6.45) is 1.40. The van der Waals surface area contributed by atoms with Crippen LogP contribution in [0.15, 0.2) is 48.5 Å². The molecule has 29 heavy (non-hydrogen) atoms. The van der Waals surface area contributed by atoms with E-state index in [0.29, 0.717) is 6.42 Å². The molecule has 2 unspecified atom stereocenters. The second-order valence-corrected chi connectivity index (χ2v) is 7.75. The van der Waals surface area contributed by atoms with Gasteiger partial charge in [0, 0.05) is 5.69 Å². The van der Waals surface area contributed by atoms with Crippen LogP contribution < -0.4 is 26.2 Å². The van der Waals surface area contributed by atoms with Crippen molar-refractivity contribution in [3.63, 3.8) is 0 Å². The van der Waals surface area contributed by atoms with Crippen LogP contribution in [0.5, 0.6) is 5.75 Å². The summed E-state index contributed by atoms with van der Waals surface area (Å²) in [7, 11) is 1.62. The van der Waals surface area contributed by atoms with Crippen LogP contribution >= 0.6 is 11.8 Å². The van der Waals surface area contributed by atoms with Gasteiger partial charge in [0.15, 0.2) is 0 Å². The average Bonchev–Trinajstić information content (AvgIpc) is 2.75. The van der Waals surface area contributed by atoms with Crippen molar-refractivity contribution < 1.29 is 14.3 Å². The van der Waals surface area contributed by atoms with Gasteiger partial charge in [0.05, 0.1) is 12.9 Å². The van der Waals surface area contributed by atoms with Gasteiger partial charge in [-0.1, -0.05) is 37.3 Å². The zero-order valence-electron chi connectivity index (χ0n) is 16.5. The molecule has 154 valence electrons. The number of nitrogens with one attached hydrogen (secondary N) is 4. The molecule has 0 bridgehead atoms. The minimum atomic E-state index is -0.384. The van der Waals surface area contributed by atoms with Gasteiger partial charge >= 0.3 is 0 Å². The minimum absolute atomic E-state index is 0.103. The molecule has 1 fully saturated rings. The molecule has 2 aromatic carbocycles. The van der Waals surface area contributed by atoms with Crippen molar-refractivity contribution in [3.8, 4) is 5.75 Å². The van der Waals surface area contributed by atoms with E-state index in [1.165, 1.54) is 11.8 Å². The van der Waals surface area contributed by atoms with Crippen molar-refractivity contribution in [1.82, 2.24) is 16.2 Å². The van der Waals surface area contributed by atoms with Crippen molar-refractivity contribution in [2.75, 3.05) is 18.2 Å². The lowest BCUT2D eigenvalue weighted by atomic mass is 10.1. The summed E-state index contributed by atoms with van der Waals surface area (Å²) in [4.78, 5) is 24.7. The molecular formula is C21H26N4O3S. The normalized spacial score (nSPS) is 18.8. The molecule has 1 aliphatic rings. The fourth-order valence-corrected chi connectivity index (χ4v) is 3.77. The summed E-state index contributed by atoms with van der Waals surface area (Å²) >= 11 is 1.32. The number of aryl methyl sites for hydroxylation is 1. The summed E-state index contributed by atoms with van der Waals surface area (Å²) in [5.41, 5.74) is 8.68. The molecule has 7 nitrogen and oxygen atoms in total. The molecule has 4 N–H and O–H groups in total. The number of thioether (sulfide) groups is 1. The van der Waals surface area contributed by atoms with Crippen LogP contribution in [-0.2, 0) is 22.4 Å². The highest BCUT2D eigenvalue weighted by molar-refractivity contribution is 8.00. The van der Waals surface area contributed by atoms with Crippen LogP contribution in [0.25, 0.3) is 0 Å². The molecule has 1 saturated heterocycles. The van der Waals surface area contributed by atoms with Gasteiger partial charge in [-0.15, -0.1) is 11.8 Å². The molecule has 1 aliphatic heterocycles. The number of hydrogen-bond acceptors (Lipinski definition) is 6. The second-order valence-electron chi connectivity index (χ2n) is 6.65. The Labute approximate surface area is 174 Å². The molecule has 8 heteroatoms. The van der Waals surface area contributed by atoms with Crippen LogP contribution in [-0.4, -0.2) is 36.2 Å². The Balaban J connectivity index is 1.44. The number of anilines is 1. The summed E-state index contributed by atoms with van der Waals surface area (Å²) in [6, 6.07) is 15.0. The first-order chi connectivity index (χ1) is 14.1. The zero-order valence-corrected chi connectivity index (χ0v) is 17.3. The predicted molar refractivity (Wildman–Crippen MR) is 116 cm³/mol. The van der Waals surface area contributed by atoms with Gasteiger partial charge in [-0.25, -0.2) is 10.9 Å². The molecule has 3 rings (SSSR count). The molecule has 0 spiro atoms. The largest absolute Gasteiger partial charge is 0.497 e. The van der Waals surface area contributed by atoms with E-state index in [-0.39, 0.29) is 29.1 Å². The van der Waals surface area contributed by atoms with Gasteiger partial charge < -0.3 is 15.4 Å². The Morgan fingerprint density at radius 1 is 1.14 bits per heavy atom. The zero-order chi connectivity index (χ0) is 20.6. The van der Waals surface area contributed by atoms with Crippen molar-refractivity contribution in [2.45, 2.75) is 31.3 Å². The molecule has 0 saturated carbocycles. The molecule has 0 radical (unpaired) electrons. The van der Waals surface area contributed by atoms with E-state index >= 15 is 0 Å². The molecule has 0 aliphatic carbocycles. The number of methoxy groups -OCH3 is 1. The van der Waals surface area contributed by atoms with E-state index in [1.807, 2.05) is 48.5 Å². The first-order valence-electron chi connectivity index (χ1n) is 9.52. The van der Waals surface area contributed by atoms with Gasteiger partial charge in [0.1, 0.15) is 17.3 Å². The molecule has 0 aromatic heterocycles. The molecule has 1 heterocycles. The Kier molecular flexibility index (Phi) is 7.51. The maximum atomic E-state index is 12.4. The lowest BCUT2D eigenvalue weighted by Gasteiger charge is -2.31. The molecule has 2 atom stereocenters. The number of carbonyl (C=O) groups excluding carboxylic acids is 2. The third kappa shape index (κ3) is 5.96. The van der Waals surface area contributed by atoms with E-state index in [4.69, 9.17) is 4.74 Å². The summed E-state index contributed by atoms with van der Waals surface area (Å²) in [6.45, 7) is 2.05. The topological polar surface area (TPSA) is 91.5 Å². The van der Waals surface area contributed by atoms with E-state index in [9.17, 15) is 9.59 Å². The van der Waals surface area contributed by atoms with Crippen LogP contribution in [0.3, 0.4) is 0 Å². The fraction of sp³-hybridized carbons (Fsp3) is 0.333. The minimum Gasteiger partial charge on any atom is -0.497 e. The standard InChI is InChI=1S/C21H26N4O3S/c1-3-15-6-4-5-7-17(15)22-19(26)13-29-21-23-20(27)18(24-25-21)12-14-8-10-16(28-2)11-9-14/h4-11,18,21,24-25H,3,12-13H2,1-2H3,(H,22,26)(H,23,27). The van der Waals surface area contributed by atoms with Gasteiger partial charge in [-0.2, -0.15) is 0 Å². The van der Waals surface area contributed by atoms with Crippen LogP contribution in [0, 0.1) is 0 Å². The van der Waals surface area contributed by atoms with Crippen LogP contribution in [0.1, 0.15) is 18.1 Å². The summed E-state index contributed by atoms with van der Waals surface area (Å²) in [5.74, 6) is 0.797. The van der Waals surface area contributed by atoms with Gasteiger partial charge in [0.2, 0.25) is 11.8 Å². The van der Waals surface area contributed by atoms with E-state index in [2.05, 4.69) is 28.4 Å². The van der Waals surface area contributed by atoms with Crippen molar-refractivity contribution in [2.24, 2.45) is 0 Å². The lowest BCUT2D eigenvalue weighted by Crippen LogP contribution is -2.64. The van der Waals surface area contributed by atoms with Crippen molar-refractivity contribution in [3.05, 3.63) is 59.7 Å². The molecule has 2 aromatic rings. The number of para-hydroxylation sites is 1.